The number of hydrogen-bond acceptors (Lipinski definition) is 5. The number of carbonyl (C=O) groups is 2. The molecule has 8 heteroatoms. The van der Waals surface area contributed by atoms with Crippen molar-refractivity contribution >= 4 is 34.8 Å². The summed E-state index contributed by atoms with van der Waals surface area (Å²) in [5.74, 6) is -0.875. The molecule has 2 heterocycles. The quantitative estimate of drug-likeness (QED) is 0.670. The Hall–Kier alpha value is -2.77. The molecule has 3 aromatic rings. The number of nitrogens with zero attached hydrogens (tertiary/aromatic N) is 3. The Kier molecular flexibility index (Phi) is 5.34. The zero-order valence-electron chi connectivity index (χ0n) is 15.7. The molecule has 0 aliphatic heterocycles. The molecular weight excluding hydrogens is 408 g/mol. The molecule has 0 saturated heterocycles. The molecule has 29 heavy (non-hydrogen) atoms. The van der Waals surface area contributed by atoms with Gasteiger partial charge in [0.15, 0.2) is 0 Å². The minimum Gasteiger partial charge on any atom is -0.368 e. The van der Waals surface area contributed by atoms with E-state index >= 15 is 0 Å². The molecule has 0 spiro atoms. The van der Waals surface area contributed by atoms with E-state index in [0.717, 1.165) is 17.5 Å². The number of aryl methyl sites for hydroxylation is 2. The average Bonchev–Trinajstić information content (AvgIpc) is 3.31. The van der Waals surface area contributed by atoms with Gasteiger partial charge < -0.3 is 10.6 Å². The van der Waals surface area contributed by atoms with Crippen molar-refractivity contribution in [3.8, 4) is 0 Å². The van der Waals surface area contributed by atoms with Gasteiger partial charge in [0.05, 0.1) is 17.2 Å². The van der Waals surface area contributed by atoms with Crippen LogP contribution in [0.3, 0.4) is 0 Å². The van der Waals surface area contributed by atoms with Crippen molar-refractivity contribution in [3.05, 3.63) is 80.5 Å². The Morgan fingerprint density at radius 3 is 2.83 bits per heavy atom. The Morgan fingerprint density at radius 1 is 1.34 bits per heavy atom. The molecule has 2 aromatic heterocycles. The lowest BCUT2D eigenvalue weighted by Gasteiger charge is -2.35. The van der Waals surface area contributed by atoms with Crippen molar-refractivity contribution in [1.82, 2.24) is 14.9 Å². The van der Waals surface area contributed by atoms with Gasteiger partial charge in [-0.3, -0.25) is 14.6 Å². The van der Waals surface area contributed by atoms with E-state index in [0.29, 0.717) is 27.6 Å². The zero-order chi connectivity index (χ0) is 20.5. The first-order valence-electron chi connectivity index (χ1n) is 9.17. The second-order valence-electron chi connectivity index (χ2n) is 6.97. The maximum atomic E-state index is 13.7. The fourth-order valence-corrected chi connectivity index (χ4v) is 4.83. The van der Waals surface area contributed by atoms with Crippen LogP contribution >= 0.6 is 22.9 Å². The summed E-state index contributed by atoms with van der Waals surface area (Å²) in [6, 6.07) is 7.90. The van der Waals surface area contributed by atoms with Gasteiger partial charge in [-0.1, -0.05) is 23.7 Å². The Morgan fingerprint density at radius 2 is 2.17 bits per heavy atom. The monoisotopic (exact) mass is 426 g/mol. The van der Waals surface area contributed by atoms with E-state index in [1.165, 1.54) is 11.3 Å². The number of pyridine rings is 1. The zero-order valence-corrected chi connectivity index (χ0v) is 17.3. The largest absolute Gasteiger partial charge is 0.368 e. The predicted molar refractivity (Wildman–Crippen MR) is 112 cm³/mol. The fraction of sp³-hybridized carbons (Fsp3) is 0.238. The highest BCUT2D eigenvalue weighted by Gasteiger charge is 2.40. The van der Waals surface area contributed by atoms with Crippen molar-refractivity contribution in [3.63, 3.8) is 0 Å². The number of hydrogen-bond donors (Lipinski definition) is 1. The van der Waals surface area contributed by atoms with Gasteiger partial charge in [0.1, 0.15) is 10.9 Å². The molecule has 2 N–H and O–H groups in total. The molecule has 148 valence electrons. The molecule has 1 unspecified atom stereocenters. The molecule has 2 amide bonds. The Labute approximate surface area is 177 Å². The maximum Gasteiger partial charge on any atom is 0.267 e. The summed E-state index contributed by atoms with van der Waals surface area (Å²) in [7, 11) is 0. The van der Waals surface area contributed by atoms with Crippen LogP contribution in [-0.2, 0) is 11.2 Å². The minimum absolute atomic E-state index is 0.268. The number of thiazole rings is 1. The van der Waals surface area contributed by atoms with Gasteiger partial charge >= 0.3 is 0 Å². The first kappa shape index (κ1) is 19.5. The molecule has 1 aromatic carbocycles. The Bertz CT molecular complexity index is 1070. The van der Waals surface area contributed by atoms with Gasteiger partial charge in [0.25, 0.3) is 5.91 Å². The van der Waals surface area contributed by atoms with Gasteiger partial charge in [-0.15, -0.1) is 11.3 Å². The highest BCUT2D eigenvalue weighted by atomic mass is 35.5. The van der Waals surface area contributed by atoms with Crippen LogP contribution in [0, 0.1) is 6.92 Å². The highest BCUT2D eigenvalue weighted by Crippen LogP contribution is 2.42. The number of fused-ring (bicyclic) bond motifs is 1. The van der Waals surface area contributed by atoms with E-state index in [2.05, 4.69) is 9.97 Å². The summed E-state index contributed by atoms with van der Waals surface area (Å²) in [5.41, 5.74) is 10.7. The predicted octanol–water partition coefficient (Wildman–Crippen LogP) is 3.86. The van der Waals surface area contributed by atoms with Crippen molar-refractivity contribution in [2.75, 3.05) is 0 Å². The maximum absolute atomic E-state index is 13.7. The molecule has 1 aliphatic carbocycles. The number of benzene rings is 1. The van der Waals surface area contributed by atoms with Crippen molar-refractivity contribution < 1.29 is 9.59 Å². The number of aromatic nitrogens is 2. The summed E-state index contributed by atoms with van der Waals surface area (Å²) in [5, 5.41) is 0.592. The van der Waals surface area contributed by atoms with Crippen LogP contribution in [0.2, 0.25) is 5.02 Å². The van der Waals surface area contributed by atoms with Gasteiger partial charge in [-0.05, 0) is 49.1 Å². The van der Waals surface area contributed by atoms with Crippen LogP contribution in [0.4, 0.5) is 0 Å². The molecule has 2 atom stereocenters. The second-order valence-corrected chi connectivity index (χ2v) is 8.26. The lowest BCUT2D eigenvalue weighted by atomic mass is 10.00. The van der Waals surface area contributed by atoms with Gasteiger partial charge in [0.2, 0.25) is 5.91 Å². The number of rotatable bonds is 5. The molecule has 0 bridgehead atoms. The van der Waals surface area contributed by atoms with Crippen molar-refractivity contribution in [1.29, 1.82) is 0 Å². The van der Waals surface area contributed by atoms with Crippen LogP contribution in [0.1, 0.15) is 50.6 Å². The van der Waals surface area contributed by atoms with E-state index in [9.17, 15) is 9.59 Å². The molecule has 0 radical (unpaired) electrons. The topological polar surface area (TPSA) is 89.2 Å². The number of carbonyl (C=O) groups excluding carboxylic acids is 2. The van der Waals surface area contributed by atoms with Crippen LogP contribution in [0.15, 0.2) is 48.2 Å². The van der Waals surface area contributed by atoms with E-state index < -0.39 is 11.9 Å². The number of nitrogens with two attached hydrogens (primary N) is 1. The smallest absolute Gasteiger partial charge is 0.267 e. The minimum atomic E-state index is -0.951. The van der Waals surface area contributed by atoms with Crippen molar-refractivity contribution in [2.24, 2.45) is 5.73 Å². The summed E-state index contributed by atoms with van der Waals surface area (Å²) in [6.45, 7) is 1.78. The Balaban J connectivity index is 1.87. The summed E-state index contributed by atoms with van der Waals surface area (Å²) < 4.78 is 0. The van der Waals surface area contributed by atoms with E-state index in [1.807, 2.05) is 18.2 Å². The van der Waals surface area contributed by atoms with Crippen LogP contribution in [0.25, 0.3) is 0 Å². The third-order valence-corrected chi connectivity index (χ3v) is 6.36. The summed E-state index contributed by atoms with van der Waals surface area (Å²) in [4.78, 5) is 36.7. The second kappa shape index (κ2) is 7.93. The normalized spacial score (nSPS) is 16.3. The van der Waals surface area contributed by atoms with E-state index in [-0.39, 0.29) is 11.9 Å². The van der Waals surface area contributed by atoms with E-state index in [1.54, 1.807) is 41.9 Å². The molecule has 0 fully saturated rings. The summed E-state index contributed by atoms with van der Waals surface area (Å²) in [6.07, 6.45) is 4.67. The van der Waals surface area contributed by atoms with Gasteiger partial charge in [-0.2, -0.15) is 0 Å². The third-order valence-electron chi connectivity index (χ3n) is 5.21. The third kappa shape index (κ3) is 3.63. The number of halogens is 1. The SMILES string of the molecule is Cc1ncsc1C(=O)N(C(C(N)=O)c1cccnc1)[C@@H]1CCc2ccc(Cl)cc21. The van der Waals surface area contributed by atoms with Crippen LogP contribution < -0.4 is 5.73 Å². The number of primary amides is 1. The average molecular weight is 427 g/mol. The lowest BCUT2D eigenvalue weighted by molar-refractivity contribution is -0.123. The standard InChI is InChI=1S/C21H19ClN4O2S/c1-12-19(29-11-25-12)21(28)26(18(20(23)27)14-3-2-8-24-10-14)17-7-5-13-4-6-15(22)9-16(13)17/h2-4,6,8-11,17-18H,5,7H2,1H3,(H2,23,27)/t17-,18?/m1/s1. The van der Waals surface area contributed by atoms with Crippen LogP contribution in [0.5, 0.6) is 0 Å². The summed E-state index contributed by atoms with van der Waals surface area (Å²) >= 11 is 7.50. The van der Waals surface area contributed by atoms with Gasteiger partial charge in [-0.25, -0.2) is 4.98 Å². The number of amides is 2. The fourth-order valence-electron chi connectivity index (χ4n) is 3.90. The molecule has 0 saturated carbocycles. The van der Waals surface area contributed by atoms with Crippen LogP contribution in [-0.4, -0.2) is 26.7 Å². The molecule has 1 aliphatic rings. The molecular formula is C21H19ClN4O2S. The molecule has 4 rings (SSSR count). The molecule has 6 nitrogen and oxygen atoms in total. The van der Waals surface area contributed by atoms with Crippen molar-refractivity contribution in [2.45, 2.75) is 31.8 Å². The first-order valence-corrected chi connectivity index (χ1v) is 10.4. The van der Waals surface area contributed by atoms with Gasteiger partial charge in [0, 0.05) is 23.0 Å². The highest BCUT2D eigenvalue weighted by molar-refractivity contribution is 7.11. The lowest BCUT2D eigenvalue weighted by Crippen LogP contribution is -2.43. The first-order chi connectivity index (χ1) is 14.0. The van der Waals surface area contributed by atoms with E-state index in [4.69, 9.17) is 17.3 Å².